The van der Waals surface area contributed by atoms with Gasteiger partial charge in [0.05, 0.1) is 17.6 Å². The summed E-state index contributed by atoms with van der Waals surface area (Å²) in [6.07, 6.45) is 8.15. The average molecular weight is 635 g/mol. The maximum absolute atomic E-state index is 12.1. The molecule has 0 N–H and O–H groups in total. The van der Waals surface area contributed by atoms with Gasteiger partial charge in [0.1, 0.15) is 5.02 Å². The quantitative estimate of drug-likeness (QED) is 0.207. The Balaban J connectivity index is 1.25. The van der Waals surface area contributed by atoms with Gasteiger partial charge in [0, 0.05) is 25.2 Å². The highest BCUT2D eigenvalue weighted by atomic mass is 127. The molecule has 1 aromatic carbocycles. The molecule has 2 fully saturated rings. The number of aryl methyl sites for hydroxylation is 1. The molecule has 0 radical (unpaired) electrons. The minimum absolute atomic E-state index is 0.190. The Hall–Kier alpha value is -0.570. The normalized spacial score (nSPS) is 18.1. The van der Waals surface area contributed by atoms with Gasteiger partial charge in [-0.1, -0.05) is 29.3 Å². The van der Waals surface area contributed by atoms with Crippen LogP contribution in [0.3, 0.4) is 0 Å². The summed E-state index contributed by atoms with van der Waals surface area (Å²) in [4.78, 5) is 28.4. The van der Waals surface area contributed by atoms with E-state index < -0.39 is 0 Å². The first-order chi connectivity index (χ1) is 16.2. The van der Waals surface area contributed by atoms with Crippen molar-refractivity contribution in [1.29, 1.82) is 0 Å². The maximum Gasteiger partial charge on any atom is 0.289 e. The number of halogens is 3. The number of rotatable bonds is 10. The van der Waals surface area contributed by atoms with Crippen LogP contribution < -0.4 is 5.56 Å². The molecule has 34 heavy (non-hydrogen) atoms. The Morgan fingerprint density at radius 1 is 1.26 bits per heavy atom. The van der Waals surface area contributed by atoms with Crippen molar-refractivity contribution in [2.24, 2.45) is 11.3 Å². The molecule has 184 valence electrons. The summed E-state index contributed by atoms with van der Waals surface area (Å²) in [5.41, 5.74) is 4.09. The molecule has 1 aromatic heterocycles. The highest BCUT2D eigenvalue weighted by Gasteiger charge is 2.51. The Kier molecular flexibility index (Phi) is 8.74. The lowest BCUT2D eigenvalue weighted by atomic mass is 9.56. The third-order valence-electron chi connectivity index (χ3n) is 7.05. The SMILES string of the molecule is CN(C)Cc1c(CC2CC3(C2)CN(CCCc2cnn(PI)c(=O)c2Cl)C3)ccc(Cl)c1C=O. The molecule has 4 rings (SSSR count). The molecule has 0 bridgehead atoms. The molecule has 2 aliphatic rings. The highest BCUT2D eigenvalue weighted by Crippen LogP contribution is 2.53. The predicted molar refractivity (Wildman–Crippen MR) is 149 cm³/mol. The Labute approximate surface area is 225 Å². The van der Waals surface area contributed by atoms with Gasteiger partial charge in [-0.25, -0.2) is 4.45 Å². The van der Waals surface area contributed by atoms with Crippen LogP contribution in [0.1, 0.15) is 46.3 Å². The van der Waals surface area contributed by atoms with E-state index in [0.717, 1.165) is 62.9 Å². The van der Waals surface area contributed by atoms with E-state index in [1.54, 1.807) is 6.20 Å². The van der Waals surface area contributed by atoms with E-state index in [9.17, 15) is 9.59 Å². The van der Waals surface area contributed by atoms with Gasteiger partial charge in [0.15, 0.2) is 6.29 Å². The van der Waals surface area contributed by atoms with Crippen LogP contribution in [-0.4, -0.2) is 59.4 Å². The molecular weight excluding hydrogens is 605 g/mol. The number of benzene rings is 1. The molecule has 1 saturated heterocycles. The van der Waals surface area contributed by atoms with Crippen LogP contribution in [0.25, 0.3) is 0 Å². The van der Waals surface area contributed by atoms with Crippen LogP contribution in [-0.2, 0) is 19.4 Å². The molecule has 1 unspecified atom stereocenters. The van der Waals surface area contributed by atoms with E-state index in [2.05, 4.69) is 43.0 Å². The lowest BCUT2D eigenvalue weighted by Gasteiger charge is -2.59. The van der Waals surface area contributed by atoms with Gasteiger partial charge in [0.25, 0.3) is 5.56 Å². The molecule has 0 amide bonds. The van der Waals surface area contributed by atoms with Gasteiger partial charge in [-0.05, 0) is 109 Å². The number of hydrogen-bond donors (Lipinski definition) is 0. The van der Waals surface area contributed by atoms with Crippen LogP contribution in [0.15, 0.2) is 23.1 Å². The zero-order valence-electron chi connectivity index (χ0n) is 19.5. The van der Waals surface area contributed by atoms with Gasteiger partial charge in [-0.15, -0.1) is 0 Å². The van der Waals surface area contributed by atoms with Crippen molar-refractivity contribution in [2.45, 2.75) is 38.6 Å². The summed E-state index contributed by atoms with van der Waals surface area (Å²) in [5.74, 6) is 0.665. The van der Waals surface area contributed by atoms with Gasteiger partial charge >= 0.3 is 0 Å². The van der Waals surface area contributed by atoms with Crippen LogP contribution in [0.2, 0.25) is 10.0 Å². The summed E-state index contributed by atoms with van der Waals surface area (Å²) in [5, 5.41) is 5.05. The summed E-state index contributed by atoms with van der Waals surface area (Å²) < 4.78 is 1.41. The van der Waals surface area contributed by atoms with Crippen LogP contribution in [0.4, 0.5) is 0 Å². The zero-order chi connectivity index (χ0) is 24.5. The molecule has 2 aromatic rings. The first-order valence-electron chi connectivity index (χ1n) is 11.5. The number of aromatic nitrogens is 2. The molecule has 1 saturated carbocycles. The molecule has 2 heterocycles. The molecule has 1 aliphatic carbocycles. The minimum atomic E-state index is -0.190. The second kappa shape index (κ2) is 11.2. The standard InChI is InChI=1S/C24H30Cl2IN4O2P/c1-29(2)12-19-17(5-6-21(25)20(19)13-32)8-16-9-24(10-16)14-30(15-24)7-3-4-18-11-28-31(34-27)23(33)22(18)26/h5-6,11,13,16,34H,3-4,7-10,12,14-15H2,1-2H3. The molecule has 1 atom stereocenters. The van der Waals surface area contributed by atoms with E-state index in [0.29, 0.717) is 26.9 Å². The van der Waals surface area contributed by atoms with Gasteiger partial charge in [0.2, 0.25) is 0 Å². The molecular formula is C24H30Cl2IN4O2P. The van der Waals surface area contributed by atoms with Crippen molar-refractivity contribution in [1.82, 2.24) is 19.4 Å². The van der Waals surface area contributed by atoms with Crippen molar-refractivity contribution >= 4 is 57.9 Å². The van der Waals surface area contributed by atoms with Gasteiger partial charge in [-0.3, -0.25) is 9.59 Å². The number of hydrogen-bond acceptors (Lipinski definition) is 5. The fourth-order valence-corrected chi connectivity index (χ4v) is 7.47. The fourth-order valence-electron chi connectivity index (χ4n) is 5.64. The van der Waals surface area contributed by atoms with Crippen molar-refractivity contribution in [2.75, 3.05) is 33.7 Å². The second-order valence-corrected chi connectivity index (χ2v) is 12.9. The van der Waals surface area contributed by atoms with Crippen molar-refractivity contribution in [3.8, 4) is 0 Å². The molecule has 1 aliphatic heterocycles. The summed E-state index contributed by atoms with van der Waals surface area (Å²) >= 11 is 14.7. The monoisotopic (exact) mass is 634 g/mol. The number of carbonyl (C=O) groups is 1. The number of carbonyl (C=O) groups excluding carboxylic acids is 1. The van der Waals surface area contributed by atoms with Crippen molar-refractivity contribution in [3.05, 3.63) is 61.0 Å². The largest absolute Gasteiger partial charge is 0.305 e. The van der Waals surface area contributed by atoms with E-state index in [1.807, 2.05) is 20.2 Å². The van der Waals surface area contributed by atoms with Gasteiger partial charge < -0.3 is 9.80 Å². The number of nitrogens with zero attached hydrogens (tertiary/aromatic N) is 4. The first kappa shape index (κ1) is 26.5. The Bertz CT molecular complexity index is 1110. The van der Waals surface area contributed by atoms with Crippen molar-refractivity contribution in [3.63, 3.8) is 0 Å². The first-order valence-corrected chi connectivity index (χ1v) is 16.3. The van der Waals surface area contributed by atoms with Crippen LogP contribution in [0, 0.1) is 11.3 Å². The third kappa shape index (κ3) is 5.70. The second-order valence-electron chi connectivity index (χ2n) is 10.0. The highest BCUT2D eigenvalue weighted by molar-refractivity contribution is 14.2. The summed E-state index contributed by atoms with van der Waals surface area (Å²) in [6.45, 7) is 4.05. The maximum atomic E-state index is 12.1. The summed E-state index contributed by atoms with van der Waals surface area (Å²) in [6, 6.07) is 3.97. The average Bonchev–Trinajstić information content (AvgIpc) is 2.74. The zero-order valence-corrected chi connectivity index (χ0v) is 24.2. The lowest BCUT2D eigenvalue weighted by molar-refractivity contribution is -0.0937. The fraction of sp³-hybridized carbons (Fsp3) is 0.542. The van der Waals surface area contributed by atoms with E-state index in [-0.39, 0.29) is 11.9 Å². The van der Waals surface area contributed by atoms with E-state index in [4.69, 9.17) is 23.2 Å². The van der Waals surface area contributed by atoms with E-state index >= 15 is 0 Å². The molecule has 10 heteroatoms. The minimum Gasteiger partial charge on any atom is -0.305 e. The Morgan fingerprint density at radius 3 is 2.65 bits per heavy atom. The third-order valence-corrected chi connectivity index (χ3v) is 9.64. The van der Waals surface area contributed by atoms with Crippen LogP contribution >= 0.6 is 51.6 Å². The van der Waals surface area contributed by atoms with E-state index in [1.165, 1.54) is 22.9 Å². The lowest BCUT2D eigenvalue weighted by Crippen LogP contribution is -2.62. The Morgan fingerprint density at radius 2 is 2.00 bits per heavy atom. The summed E-state index contributed by atoms with van der Waals surface area (Å²) in [7, 11) is 4.04. The van der Waals surface area contributed by atoms with Crippen molar-refractivity contribution < 1.29 is 4.79 Å². The molecule has 1 spiro atoms. The topological polar surface area (TPSA) is 58.4 Å². The smallest absolute Gasteiger partial charge is 0.289 e. The number of likely N-dealkylation sites (tertiary alicyclic amines) is 1. The van der Waals surface area contributed by atoms with Gasteiger partial charge in [-0.2, -0.15) is 5.10 Å². The number of aldehydes is 1. The predicted octanol–water partition coefficient (Wildman–Crippen LogP) is 5.10. The van der Waals surface area contributed by atoms with Crippen LogP contribution in [0.5, 0.6) is 0 Å². The molecule has 6 nitrogen and oxygen atoms in total.